The zero-order chi connectivity index (χ0) is 9.14. The second-order valence-corrected chi connectivity index (χ2v) is 3.83. The van der Waals surface area contributed by atoms with E-state index in [1.807, 2.05) is 19.1 Å². The Labute approximate surface area is 82.5 Å². The summed E-state index contributed by atoms with van der Waals surface area (Å²) in [5.74, 6) is 0. The van der Waals surface area contributed by atoms with Crippen LogP contribution in [0.25, 0.3) is 0 Å². The minimum atomic E-state index is 0.138. The van der Waals surface area contributed by atoms with E-state index in [0.29, 0.717) is 10.0 Å². The van der Waals surface area contributed by atoms with Gasteiger partial charge in [0.15, 0.2) is 0 Å². The third kappa shape index (κ3) is 3.02. The second kappa shape index (κ2) is 4.13. The highest BCUT2D eigenvalue weighted by molar-refractivity contribution is 6.34. The van der Waals surface area contributed by atoms with E-state index in [-0.39, 0.29) is 6.04 Å². The van der Waals surface area contributed by atoms with Gasteiger partial charge in [-0.3, -0.25) is 0 Å². The summed E-state index contributed by atoms with van der Waals surface area (Å²) >= 11 is 11.6. The van der Waals surface area contributed by atoms with E-state index < -0.39 is 0 Å². The Morgan fingerprint density at radius 2 is 1.75 bits per heavy atom. The predicted molar refractivity (Wildman–Crippen MR) is 53.8 cm³/mol. The van der Waals surface area contributed by atoms with Gasteiger partial charge in [-0.15, -0.1) is 0 Å². The lowest BCUT2D eigenvalue weighted by Crippen LogP contribution is -2.17. The van der Waals surface area contributed by atoms with E-state index in [2.05, 4.69) is 0 Å². The molecule has 0 aliphatic rings. The summed E-state index contributed by atoms with van der Waals surface area (Å²) in [6.07, 6.45) is 0.806. The highest BCUT2D eigenvalue weighted by Crippen LogP contribution is 2.19. The van der Waals surface area contributed by atoms with Crippen LogP contribution in [-0.4, -0.2) is 6.04 Å². The largest absolute Gasteiger partial charge is 0.328 e. The van der Waals surface area contributed by atoms with Gasteiger partial charge in [-0.05, 0) is 37.1 Å². The first-order chi connectivity index (χ1) is 5.58. The SMILES string of the molecule is C[C@H](N)Cc1cc(Cl)cc(Cl)c1. The van der Waals surface area contributed by atoms with Crippen molar-refractivity contribution in [2.24, 2.45) is 5.73 Å². The van der Waals surface area contributed by atoms with Gasteiger partial charge in [0.25, 0.3) is 0 Å². The molecule has 0 radical (unpaired) electrons. The Morgan fingerprint density at radius 1 is 1.25 bits per heavy atom. The molecule has 0 aliphatic heterocycles. The smallest absolute Gasteiger partial charge is 0.0423 e. The van der Waals surface area contributed by atoms with Gasteiger partial charge in [0.1, 0.15) is 0 Å². The maximum Gasteiger partial charge on any atom is 0.0423 e. The van der Waals surface area contributed by atoms with Crippen molar-refractivity contribution >= 4 is 23.2 Å². The maximum atomic E-state index is 5.81. The van der Waals surface area contributed by atoms with E-state index >= 15 is 0 Å². The summed E-state index contributed by atoms with van der Waals surface area (Å²) < 4.78 is 0. The molecular weight excluding hydrogens is 193 g/mol. The fraction of sp³-hybridized carbons (Fsp3) is 0.333. The van der Waals surface area contributed by atoms with Crippen LogP contribution in [0.3, 0.4) is 0 Å². The van der Waals surface area contributed by atoms with Crippen molar-refractivity contribution in [1.82, 2.24) is 0 Å². The van der Waals surface area contributed by atoms with Gasteiger partial charge < -0.3 is 5.73 Å². The molecule has 0 heterocycles. The normalized spacial score (nSPS) is 13.0. The van der Waals surface area contributed by atoms with Crippen LogP contribution in [0.15, 0.2) is 18.2 Å². The van der Waals surface area contributed by atoms with Crippen molar-refractivity contribution in [1.29, 1.82) is 0 Å². The Kier molecular flexibility index (Phi) is 3.39. The molecule has 1 aromatic carbocycles. The van der Waals surface area contributed by atoms with Crippen LogP contribution in [0, 0.1) is 0 Å². The van der Waals surface area contributed by atoms with Gasteiger partial charge in [0.05, 0.1) is 0 Å². The molecule has 66 valence electrons. The first-order valence-electron chi connectivity index (χ1n) is 3.78. The summed E-state index contributed by atoms with van der Waals surface area (Å²) in [7, 11) is 0. The van der Waals surface area contributed by atoms with E-state index in [9.17, 15) is 0 Å². The fourth-order valence-electron chi connectivity index (χ4n) is 1.10. The van der Waals surface area contributed by atoms with Crippen molar-refractivity contribution in [3.63, 3.8) is 0 Å². The Morgan fingerprint density at radius 3 is 2.17 bits per heavy atom. The number of rotatable bonds is 2. The molecule has 3 heteroatoms. The van der Waals surface area contributed by atoms with Crippen molar-refractivity contribution in [2.75, 3.05) is 0 Å². The molecule has 1 atom stereocenters. The lowest BCUT2D eigenvalue weighted by Gasteiger charge is -2.05. The molecule has 0 aromatic heterocycles. The molecule has 0 fully saturated rings. The third-order valence-corrected chi connectivity index (χ3v) is 1.92. The van der Waals surface area contributed by atoms with Crippen molar-refractivity contribution in [2.45, 2.75) is 19.4 Å². The molecule has 12 heavy (non-hydrogen) atoms. The second-order valence-electron chi connectivity index (χ2n) is 2.96. The van der Waals surface area contributed by atoms with Crippen LogP contribution in [-0.2, 0) is 6.42 Å². The maximum absolute atomic E-state index is 5.81. The van der Waals surface area contributed by atoms with Crippen LogP contribution < -0.4 is 5.73 Å². The quantitative estimate of drug-likeness (QED) is 0.787. The number of benzene rings is 1. The Hall–Kier alpha value is -0.240. The number of hydrogen-bond acceptors (Lipinski definition) is 1. The topological polar surface area (TPSA) is 26.0 Å². The highest BCUT2D eigenvalue weighted by Gasteiger charge is 2.00. The summed E-state index contributed by atoms with van der Waals surface area (Å²) in [5.41, 5.74) is 6.72. The molecule has 1 aromatic rings. The molecule has 0 saturated heterocycles. The Balaban J connectivity index is 2.85. The average molecular weight is 204 g/mol. The van der Waals surface area contributed by atoms with Gasteiger partial charge in [0.2, 0.25) is 0 Å². The van der Waals surface area contributed by atoms with Gasteiger partial charge in [-0.1, -0.05) is 23.2 Å². The lowest BCUT2D eigenvalue weighted by molar-refractivity contribution is 0.738. The third-order valence-electron chi connectivity index (χ3n) is 1.48. The van der Waals surface area contributed by atoms with Crippen molar-refractivity contribution < 1.29 is 0 Å². The summed E-state index contributed by atoms with van der Waals surface area (Å²) in [5, 5.41) is 1.33. The van der Waals surface area contributed by atoms with E-state index in [4.69, 9.17) is 28.9 Å². The standard InChI is InChI=1S/C9H11Cl2N/c1-6(12)2-7-3-8(10)5-9(11)4-7/h3-6H,2,12H2,1H3/t6-/m0/s1. The summed E-state index contributed by atoms with van der Waals surface area (Å²) in [6.45, 7) is 1.95. The molecule has 0 spiro atoms. The van der Waals surface area contributed by atoms with Crippen LogP contribution >= 0.6 is 23.2 Å². The molecule has 1 rings (SSSR count). The van der Waals surface area contributed by atoms with E-state index in [1.54, 1.807) is 6.07 Å². The molecule has 0 saturated carbocycles. The molecule has 0 bridgehead atoms. The van der Waals surface area contributed by atoms with Crippen molar-refractivity contribution in [3.8, 4) is 0 Å². The minimum Gasteiger partial charge on any atom is -0.328 e. The molecule has 0 unspecified atom stereocenters. The fourth-order valence-corrected chi connectivity index (χ4v) is 1.67. The monoisotopic (exact) mass is 203 g/mol. The minimum absolute atomic E-state index is 0.138. The van der Waals surface area contributed by atoms with E-state index in [0.717, 1.165) is 12.0 Å². The van der Waals surface area contributed by atoms with Crippen LogP contribution in [0.1, 0.15) is 12.5 Å². The summed E-state index contributed by atoms with van der Waals surface area (Å²) in [6, 6.07) is 5.63. The molecule has 2 N–H and O–H groups in total. The first kappa shape index (κ1) is 9.85. The number of nitrogens with two attached hydrogens (primary N) is 1. The van der Waals surface area contributed by atoms with Gasteiger partial charge in [-0.2, -0.15) is 0 Å². The van der Waals surface area contributed by atoms with Crippen LogP contribution in [0.2, 0.25) is 10.0 Å². The van der Waals surface area contributed by atoms with Gasteiger partial charge in [0, 0.05) is 16.1 Å². The molecule has 1 nitrogen and oxygen atoms in total. The molecule has 0 amide bonds. The van der Waals surface area contributed by atoms with Crippen molar-refractivity contribution in [3.05, 3.63) is 33.8 Å². The zero-order valence-corrected chi connectivity index (χ0v) is 8.36. The van der Waals surface area contributed by atoms with Gasteiger partial charge >= 0.3 is 0 Å². The first-order valence-corrected chi connectivity index (χ1v) is 4.54. The highest BCUT2D eigenvalue weighted by atomic mass is 35.5. The van der Waals surface area contributed by atoms with Crippen LogP contribution in [0.5, 0.6) is 0 Å². The molecule has 0 aliphatic carbocycles. The van der Waals surface area contributed by atoms with Crippen LogP contribution in [0.4, 0.5) is 0 Å². The predicted octanol–water partition coefficient (Wildman–Crippen LogP) is 2.88. The van der Waals surface area contributed by atoms with Gasteiger partial charge in [-0.25, -0.2) is 0 Å². The molecular formula is C9H11Cl2N. The number of halogens is 2. The summed E-state index contributed by atoms with van der Waals surface area (Å²) in [4.78, 5) is 0. The zero-order valence-electron chi connectivity index (χ0n) is 6.85. The van der Waals surface area contributed by atoms with E-state index in [1.165, 1.54) is 0 Å². The number of hydrogen-bond donors (Lipinski definition) is 1. The average Bonchev–Trinajstić information content (AvgIpc) is 1.81. The lowest BCUT2D eigenvalue weighted by atomic mass is 10.1. The Bertz CT molecular complexity index is 251.